The number of thiophene rings is 1. The Morgan fingerprint density at radius 3 is 2.26 bits per heavy atom. The van der Waals surface area contributed by atoms with Crippen LogP contribution >= 0.6 is 11.3 Å². The fourth-order valence-corrected chi connectivity index (χ4v) is 4.59. The number of para-hydroxylation sites is 1. The van der Waals surface area contributed by atoms with Crippen molar-refractivity contribution in [3.05, 3.63) is 85.2 Å². The Hall–Kier alpha value is -3.69. The molecular formula is C21H10N2O3S. The SMILES string of the molecule is N#Cc1c(N)sc2c3c(=O)c4ccccc4c(=O)c=3oc3ccccc3c12. The molecule has 0 atom stereocenters. The second-order valence-electron chi connectivity index (χ2n) is 6.16. The van der Waals surface area contributed by atoms with Crippen LogP contribution in [0.5, 0.6) is 0 Å². The zero-order chi connectivity index (χ0) is 18.7. The Morgan fingerprint density at radius 2 is 1.56 bits per heavy atom. The molecule has 1 aliphatic heterocycles. The molecule has 3 aromatic rings. The first-order chi connectivity index (χ1) is 13.1. The summed E-state index contributed by atoms with van der Waals surface area (Å²) in [6, 6.07) is 15.9. The molecule has 2 aromatic carbocycles. The number of fused-ring (bicyclic) bond motifs is 5. The number of nitriles is 1. The van der Waals surface area contributed by atoms with E-state index in [1.54, 1.807) is 42.5 Å². The van der Waals surface area contributed by atoms with E-state index in [1.807, 2.05) is 6.07 Å². The van der Waals surface area contributed by atoms with E-state index in [-0.39, 0.29) is 21.5 Å². The maximum Gasteiger partial charge on any atom is 0.229 e. The minimum Gasteiger partial charge on any atom is -0.452 e. The van der Waals surface area contributed by atoms with Crippen LogP contribution in [0.4, 0.5) is 5.00 Å². The van der Waals surface area contributed by atoms with E-state index in [4.69, 9.17) is 10.2 Å². The fourth-order valence-electron chi connectivity index (χ4n) is 3.52. The predicted molar refractivity (Wildman–Crippen MR) is 106 cm³/mol. The van der Waals surface area contributed by atoms with Crippen LogP contribution < -0.4 is 16.6 Å². The van der Waals surface area contributed by atoms with Crippen LogP contribution in [0.2, 0.25) is 0 Å². The largest absolute Gasteiger partial charge is 0.452 e. The summed E-state index contributed by atoms with van der Waals surface area (Å²) in [6.45, 7) is 0. The zero-order valence-electron chi connectivity index (χ0n) is 13.8. The highest BCUT2D eigenvalue weighted by molar-refractivity contribution is 7.23. The summed E-state index contributed by atoms with van der Waals surface area (Å²) in [7, 11) is 0. The number of hydrogen-bond donors (Lipinski definition) is 1. The molecule has 2 aliphatic rings. The molecule has 6 heteroatoms. The van der Waals surface area contributed by atoms with Gasteiger partial charge in [0.05, 0.1) is 15.5 Å². The van der Waals surface area contributed by atoms with Crippen LogP contribution in [0.25, 0.3) is 31.8 Å². The van der Waals surface area contributed by atoms with E-state index in [1.165, 1.54) is 0 Å². The molecule has 0 saturated heterocycles. The Morgan fingerprint density at radius 1 is 0.926 bits per heavy atom. The lowest BCUT2D eigenvalue weighted by Gasteiger charge is -1.95. The Balaban J connectivity index is 2.35. The third-order valence-corrected chi connectivity index (χ3v) is 5.76. The monoisotopic (exact) mass is 370 g/mol. The number of rotatable bonds is 0. The predicted octanol–water partition coefficient (Wildman–Crippen LogP) is 3.70. The molecule has 27 heavy (non-hydrogen) atoms. The molecule has 0 amide bonds. The second-order valence-corrected chi connectivity index (χ2v) is 7.22. The van der Waals surface area contributed by atoms with Crippen molar-refractivity contribution >= 4 is 48.2 Å². The minimum absolute atomic E-state index is 0.0179. The first-order valence-corrected chi connectivity index (χ1v) is 8.96. The summed E-state index contributed by atoms with van der Waals surface area (Å²) in [5.41, 5.74) is 6.10. The van der Waals surface area contributed by atoms with Crippen molar-refractivity contribution in [1.29, 1.82) is 5.26 Å². The molecule has 0 fully saturated rings. The van der Waals surface area contributed by atoms with Gasteiger partial charge in [0.25, 0.3) is 0 Å². The highest BCUT2D eigenvalue weighted by atomic mass is 32.1. The number of nitrogens with two attached hydrogens (primary N) is 1. The smallest absolute Gasteiger partial charge is 0.229 e. The van der Waals surface area contributed by atoms with Gasteiger partial charge in [-0.15, -0.1) is 11.3 Å². The lowest BCUT2D eigenvalue weighted by atomic mass is 10.1. The number of benzene rings is 2. The highest BCUT2D eigenvalue weighted by Gasteiger charge is 2.18. The van der Waals surface area contributed by atoms with Crippen LogP contribution in [-0.2, 0) is 0 Å². The fraction of sp³-hybridized carbons (Fsp3) is 0. The minimum atomic E-state index is -0.353. The Kier molecular flexibility index (Phi) is 3.11. The van der Waals surface area contributed by atoms with E-state index in [9.17, 15) is 14.9 Å². The summed E-state index contributed by atoms with van der Waals surface area (Å²) in [4.78, 5) is 26.4. The zero-order valence-corrected chi connectivity index (χ0v) is 14.6. The van der Waals surface area contributed by atoms with E-state index in [2.05, 4.69) is 6.07 Å². The van der Waals surface area contributed by atoms with Crippen molar-refractivity contribution in [1.82, 2.24) is 0 Å². The molecule has 0 unspecified atom stereocenters. The first kappa shape index (κ1) is 15.6. The number of nitrogen functional groups attached to an aromatic ring is 1. The third-order valence-electron chi connectivity index (χ3n) is 4.72. The molecule has 0 spiro atoms. The maximum atomic E-state index is 13.3. The Bertz CT molecular complexity index is 1640. The summed E-state index contributed by atoms with van der Waals surface area (Å²) in [5.74, 6) is 0. The van der Waals surface area contributed by atoms with Gasteiger partial charge in [-0.3, -0.25) is 9.59 Å². The van der Waals surface area contributed by atoms with E-state index < -0.39 is 0 Å². The number of hydrogen-bond acceptors (Lipinski definition) is 6. The van der Waals surface area contributed by atoms with E-state index in [0.717, 1.165) is 11.3 Å². The maximum absolute atomic E-state index is 13.3. The molecule has 0 bridgehead atoms. The van der Waals surface area contributed by atoms with Gasteiger partial charge in [0.2, 0.25) is 5.43 Å². The van der Waals surface area contributed by atoms with Crippen LogP contribution in [0, 0.1) is 22.0 Å². The lowest BCUT2D eigenvalue weighted by molar-refractivity contribution is 0.568. The van der Waals surface area contributed by atoms with Gasteiger partial charge < -0.3 is 10.2 Å². The van der Waals surface area contributed by atoms with Gasteiger partial charge in [0.1, 0.15) is 16.7 Å². The van der Waals surface area contributed by atoms with Gasteiger partial charge in [-0.1, -0.05) is 42.5 Å². The van der Waals surface area contributed by atoms with Crippen molar-refractivity contribution in [2.24, 2.45) is 0 Å². The lowest BCUT2D eigenvalue weighted by Crippen LogP contribution is -2.14. The molecule has 128 valence electrons. The summed E-state index contributed by atoms with van der Waals surface area (Å²) < 4.78 is 6.44. The highest BCUT2D eigenvalue weighted by Crippen LogP contribution is 2.37. The van der Waals surface area contributed by atoms with Crippen LogP contribution in [-0.4, -0.2) is 0 Å². The van der Waals surface area contributed by atoms with E-state index in [0.29, 0.717) is 42.4 Å². The van der Waals surface area contributed by atoms with Gasteiger partial charge in [0.15, 0.2) is 10.8 Å². The summed E-state index contributed by atoms with van der Waals surface area (Å²) >= 11 is 1.13. The molecule has 0 saturated carbocycles. The average molecular weight is 370 g/mol. The van der Waals surface area contributed by atoms with Crippen molar-refractivity contribution < 1.29 is 4.42 Å². The average Bonchev–Trinajstić information content (AvgIpc) is 2.94. The van der Waals surface area contributed by atoms with E-state index >= 15 is 0 Å². The van der Waals surface area contributed by atoms with Crippen molar-refractivity contribution in [3.8, 4) is 6.07 Å². The Labute approximate surface area is 155 Å². The third kappa shape index (κ3) is 1.97. The molecule has 1 aromatic heterocycles. The van der Waals surface area contributed by atoms with Gasteiger partial charge in [0, 0.05) is 21.5 Å². The van der Waals surface area contributed by atoms with Gasteiger partial charge >= 0.3 is 0 Å². The summed E-state index contributed by atoms with van der Waals surface area (Å²) in [6.07, 6.45) is 0. The number of nitrogens with zero attached hydrogens (tertiary/aromatic N) is 1. The summed E-state index contributed by atoms with van der Waals surface area (Å²) in [5, 5.41) is 11.9. The molecule has 2 heterocycles. The molecule has 1 aliphatic carbocycles. The number of anilines is 1. The van der Waals surface area contributed by atoms with Gasteiger partial charge in [-0.25, -0.2) is 0 Å². The van der Waals surface area contributed by atoms with Crippen LogP contribution in [0.15, 0.2) is 62.5 Å². The molecule has 5 rings (SSSR count). The van der Waals surface area contributed by atoms with Crippen LogP contribution in [0.1, 0.15) is 5.56 Å². The van der Waals surface area contributed by atoms with Crippen LogP contribution in [0.3, 0.4) is 0 Å². The second kappa shape index (κ2) is 5.40. The quantitative estimate of drug-likeness (QED) is 0.448. The van der Waals surface area contributed by atoms with Crippen molar-refractivity contribution in [3.63, 3.8) is 0 Å². The molecule has 2 N–H and O–H groups in total. The molecule has 0 radical (unpaired) electrons. The first-order valence-electron chi connectivity index (χ1n) is 8.14. The standard InChI is InChI=1S/C21H10N2O3S/c22-9-13-15-12-7-3-4-8-14(12)26-19-16(20(15)27-21(13)23)17(24)10-5-1-2-6-11(10)18(19)25/h1-8H,23H2. The topological polar surface area (TPSA) is 97.1 Å². The van der Waals surface area contributed by atoms with Gasteiger partial charge in [-0.05, 0) is 6.07 Å². The molecule has 5 nitrogen and oxygen atoms in total. The van der Waals surface area contributed by atoms with Gasteiger partial charge in [-0.2, -0.15) is 5.26 Å². The van der Waals surface area contributed by atoms with Crippen molar-refractivity contribution in [2.45, 2.75) is 0 Å². The normalized spacial score (nSPS) is 11.4. The van der Waals surface area contributed by atoms with Crippen molar-refractivity contribution in [2.75, 3.05) is 5.73 Å². The molecular weight excluding hydrogens is 360 g/mol.